The molecule has 0 aromatic carbocycles. The van der Waals surface area contributed by atoms with Gasteiger partial charge in [0.2, 0.25) is 0 Å². The lowest BCUT2D eigenvalue weighted by molar-refractivity contribution is -0.134. The van der Waals surface area contributed by atoms with Crippen molar-refractivity contribution in [1.29, 1.82) is 0 Å². The molecule has 1 saturated carbocycles. The van der Waals surface area contributed by atoms with Gasteiger partial charge in [-0.15, -0.1) is 0 Å². The average Bonchev–Trinajstić information content (AvgIpc) is 3.15. The molecule has 3 rings (SSSR count). The Balaban J connectivity index is 1.60. The van der Waals surface area contributed by atoms with Crippen molar-refractivity contribution in [2.24, 2.45) is 0 Å². The van der Waals surface area contributed by atoms with Crippen LogP contribution in [0.2, 0.25) is 0 Å². The van der Waals surface area contributed by atoms with Crippen LogP contribution in [0.25, 0.3) is 0 Å². The molecular weight excluding hydrogens is 234 g/mol. The second-order valence-electron chi connectivity index (χ2n) is 5.31. The molecule has 1 spiro atoms. The number of nitrogens with one attached hydrogen (secondary N) is 2. The fraction of sp³-hybridized carbons (Fsp3) is 0.833. The van der Waals surface area contributed by atoms with Crippen LogP contribution in [-0.2, 0) is 9.53 Å². The van der Waals surface area contributed by atoms with E-state index in [-0.39, 0.29) is 11.9 Å². The highest BCUT2D eigenvalue weighted by Gasteiger charge is 2.51. The maximum absolute atomic E-state index is 12.3. The van der Waals surface area contributed by atoms with Crippen LogP contribution in [0, 0.1) is 0 Å². The summed E-state index contributed by atoms with van der Waals surface area (Å²) in [6.45, 7) is 2.24. The van der Waals surface area contributed by atoms with Gasteiger partial charge in [-0.1, -0.05) is 0 Å². The number of ether oxygens (including phenoxy) is 1. The van der Waals surface area contributed by atoms with Crippen molar-refractivity contribution in [3.05, 3.63) is 0 Å². The predicted octanol–water partition coefficient (Wildman–Crippen LogP) is -0.161. The molecular formula is C12H19N3O3. The third-order valence-electron chi connectivity index (χ3n) is 3.94. The fourth-order valence-corrected chi connectivity index (χ4v) is 2.61. The molecule has 1 aliphatic carbocycles. The van der Waals surface area contributed by atoms with E-state index in [0.29, 0.717) is 45.2 Å². The lowest BCUT2D eigenvalue weighted by atomic mass is 9.90. The Labute approximate surface area is 106 Å². The van der Waals surface area contributed by atoms with E-state index < -0.39 is 5.54 Å². The molecule has 2 N–H and O–H groups in total. The van der Waals surface area contributed by atoms with E-state index in [1.54, 1.807) is 0 Å². The van der Waals surface area contributed by atoms with Crippen molar-refractivity contribution >= 4 is 11.9 Å². The topological polar surface area (TPSA) is 70.7 Å². The Bertz CT molecular complexity index is 362. The van der Waals surface area contributed by atoms with Gasteiger partial charge >= 0.3 is 6.03 Å². The summed E-state index contributed by atoms with van der Waals surface area (Å²) >= 11 is 0. The van der Waals surface area contributed by atoms with E-state index in [9.17, 15) is 9.59 Å². The van der Waals surface area contributed by atoms with Crippen molar-refractivity contribution in [1.82, 2.24) is 15.5 Å². The zero-order valence-electron chi connectivity index (χ0n) is 10.4. The maximum atomic E-state index is 12.3. The summed E-state index contributed by atoms with van der Waals surface area (Å²) in [5.74, 6) is -0.0756. The molecule has 3 fully saturated rings. The molecule has 2 saturated heterocycles. The standard InChI is InChI=1S/C12H19N3O3/c16-10-12(3-7-18-8-4-12)14-11(17)15(10)6-5-13-9-1-2-9/h9,13H,1-8H2,(H,14,17). The fourth-order valence-electron chi connectivity index (χ4n) is 2.61. The molecule has 0 bridgehead atoms. The quantitative estimate of drug-likeness (QED) is 0.683. The SMILES string of the molecule is O=C1NC2(CCOCC2)C(=O)N1CCNC1CC1. The number of imide groups is 1. The second-order valence-corrected chi connectivity index (χ2v) is 5.31. The Morgan fingerprint density at radius 3 is 2.72 bits per heavy atom. The third-order valence-corrected chi connectivity index (χ3v) is 3.94. The molecule has 2 aliphatic heterocycles. The van der Waals surface area contributed by atoms with Gasteiger partial charge in [0.25, 0.3) is 5.91 Å². The molecule has 100 valence electrons. The lowest BCUT2D eigenvalue weighted by Gasteiger charge is -2.30. The summed E-state index contributed by atoms with van der Waals surface area (Å²) in [5, 5.41) is 6.17. The van der Waals surface area contributed by atoms with Crippen molar-refractivity contribution in [3.8, 4) is 0 Å². The molecule has 6 heteroatoms. The highest BCUT2D eigenvalue weighted by Crippen LogP contribution is 2.28. The maximum Gasteiger partial charge on any atom is 0.325 e. The lowest BCUT2D eigenvalue weighted by Crippen LogP contribution is -2.51. The molecule has 0 aromatic rings. The van der Waals surface area contributed by atoms with Crippen LogP contribution < -0.4 is 10.6 Å². The molecule has 0 unspecified atom stereocenters. The zero-order valence-corrected chi connectivity index (χ0v) is 10.4. The van der Waals surface area contributed by atoms with Gasteiger partial charge in [-0.25, -0.2) is 4.79 Å². The smallest absolute Gasteiger partial charge is 0.325 e. The van der Waals surface area contributed by atoms with Crippen molar-refractivity contribution < 1.29 is 14.3 Å². The van der Waals surface area contributed by atoms with Crippen LogP contribution in [0.1, 0.15) is 25.7 Å². The molecule has 3 amide bonds. The van der Waals surface area contributed by atoms with Gasteiger partial charge < -0.3 is 15.4 Å². The predicted molar refractivity (Wildman–Crippen MR) is 64.1 cm³/mol. The van der Waals surface area contributed by atoms with Crippen LogP contribution in [0.4, 0.5) is 4.79 Å². The summed E-state index contributed by atoms with van der Waals surface area (Å²) < 4.78 is 5.26. The number of carbonyl (C=O) groups is 2. The molecule has 0 atom stereocenters. The number of hydrogen-bond acceptors (Lipinski definition) is 4. The minimum atomic E-state index is -0.686. The third kappa shape index (κ3) is 2.10. The average molecular weight is 253 g/mol. The molecule has 0 radical (unpaired) electrons. The number of urea groups is 1. The van der Waals surface area contributed by atoms with Gasteiger partial charge in [0.1, 0.15) is 5.54 Å². The van der Waals surface area contributed by atoms with Crippen LogP contribution in [0.15, 0.2) is 0 Å². The van der Waals surface area contributed by atoms with Gasteiger partial charge in [-0.2, -0.15) is 0 Å². The minimum Gasteiger partial charge on any atom is -0.381 e. The van der Waals surface area contributed by atoms with Crippen molar-refractivity contribution in [3.63, 3.8) is 0 Å². The number of carbonyl (C=O) groups excluding carboxylic acids is 2. The van der Waals surface area contributed by atoms with E-state index in [2.05, 4.69) is 10.6 Å². The molecule has 6 nitrogen and oxygen atoms in total. The number of amides is 3. The first kappa shape index (κ1) is 11.9. The van der Waals surface area contributed by atoms with Gasteiger partial charge in [-0.05, 0) is 12.8 Å². The van der Waals surface area contributed by atoms with E-state index in [4.69, 9.17) is 4.74 Å². The van der Waals surface area contributed by atoms with E-state index >= 15 is 0 Å². The summed E-state index contributed by atoms with van der Waals surface area (Å²) in [7, 11) is 0. The first-order valence-corrected chi connectivity index (χ1v) is 6.66. The second kappa shape index (κ2) is 4.51. The number of rotatable bonds is 4. The zero-order chi connectivity index (χ0) is 12.6. The number of nitrogens with zero attached hydrogens (tertiary/aromatic N) is 1. The van der Waals surface area contributed by atoms with Gasteiger partial charge in [0, 0.05) is 45.2 Å². The minimum absolute atomic E-state index is 0.0756. The first-order valence-electron chi connectivity index (χ1n) is 6.66. The van der Waals surface area contributed by atoms with E-state index in [0.717, 1.165) is 0 Å². The largest absolute Gasteiger partial charge is 0.381 e. The Morgan fingerprint density at radius 1 is 1.33 bits per heavy atom. The summed E-state index contributed by atoms with van der Waals surface area (Å²) in [6, 6.07) is 0.349. The van der Waals surface area contributed by atoms with Crippen LogP contribution >= 0.6 is 0 Å². The Hall–Kier alpha value is -1.14. The monoisotopic (exact) mass is 253 g/mol. The van der Waals surface area contributed by atoms with Gasteiger partial charge in [0.05, 0.1) is 0 Å². The molecule has 2 heterocycles. The van der Waals surface area contributed by atoms with Gasteiger partial charge in [0.15, 0.2) is 0 Å². The highest BCUT2D eigenvalue weighted by atomic mass is 16.5. The van der Waals surface area contributed by atoms with E-state index in [1.807, 2.05) is 0 Å². The summed E-state index contributed by atoms with van der Waals surface area (Å²) in [6.07, 6.45) is 3.59. The van der Waals surface area contributed by atoms with Crippen LogP contribution in [-0.4, -0.2) is 54.7 Å². The normalized spacial score (nSPS) is 26.8. The summed E-state index contributed by atoms with van der Waals surface area (Å²) in [4.78, 5) is 25.6. The highest BCUT2D eigenvalue weighted by molar-refractivity contribution is 6.07. The summed E-state index contributed by atoms with van der Waals surface area (Å²) in [5.41, 5.74) is -0.686. The molecule has 0 aromatic heterocycles. The molecule has 18 heavy (non-hydrogen) atoms. The molecule has 3 aliphatic rings. The van der Waals surface area contributed by atoms with E-state index in [1.165, 1.54) is 17.7 Å². The Kier molecular flexibility index (Phi) is 2.99. The number of hydrogen-bond donors (Lipinski definition) is 2. The van der Waals surface area contributed by atoms with Crippen LogP contribution in [0.5, 0.6) is 0 Å². The Morgan fingerprint density at radius 2 is 2.06 bits per heavy atom. The van der Waals surface area contributed by atoms with Crippen LogP contribution in [0.3, 0.4) is 0 Å². The van der Waals surface area contributed by atoms with Crippen molar-refractivity contribution in [2.45, 2.75) is 37.3 Å². The van der Waals surface area contributed by atoms with Crippen molar-refractivity contribution in [2.75, 3.05) is 26.3 Å². The van der Waals surface area contributed by atoms with Gasteiger partial charge in [-0.3, -0.25) is 9.69 Å². The first-order chi connectivity index (χ1) is 8.71.